The zero-order chi connectivity index (χ0) is 20.3. The molecule has 156 valence electrons. The van der Waals surface area contributed by atoms with Gasteiger partial charge < -0.3 is 24.3 Å². The van der Waals surface area contributed by atoms with Gasteiger partial charge in [-0.05, 0) is 6.92 Å². The lowest BCUT2D eigenvalue weighted by molar-refractivity contribution is -0.340. The van der Waals surface area contributed by atoms with Gasteiger partial charge in [-0.2, -0.15) is 8.42 Å². The van der Waals surface area contributed by atoms with Gasteiger partial charge in [0.25, 0.3) is 10.1 Å². The zero-order valence-electron chi connectivity index (χ0n) is 15.9. The van der Waals surface area contributed by atoms with Crippen LogP contribution in [0.15, 0.2) is 30.3 Å². The molecule has 1 aromatic rings. The molecule has 2 saturated heterocycles. The Labute approximate surface area is 164 Å². The van der Waals surface area contributed by atoms with E-state index >= 15 is 0 Å². The molecule has 6 atom stereocenters. The molecule has 0 unspecified atom stereocenters. The Hall–Kier alpha value is -1.56. The van der Waals surface area contributed by atoms with E-state index in [1.54, 1.807) is 6.92 Å². The molecule has 2 aliphatic rings. The summed E-state index contributed by atoms with van der Waals surface area (Å²) in [5, 5.41) is 2.68. The zero-order valence-corrected chi connectivity index (χ0v) is 16.8. The molecule has 2 fully saturated rings. The fraction of sp³-hybridized carbons (Fsp3) is 0.611. The van der Waals surface area contributed by atoms with Crippen molar-refractivity contribution in [3.05, 3.63) is 35.9 Å². The van der Waals surface area contributed by atoms with E-state index < -0.39 is 47.1 Å². The van der Waals surface area contributed by atoms with Gasteiger partial charge in [0, 0.05) is 19.1 Å². The van der Waals surface area contributed by atoms with Crippen molar-refractivity contribution in [1.82, 2.24) is 5.32 Å². The first-order valence-electron chi connectivity index (χ1n) is 9.03. The van der Waals surface area contributed by atoms with Crippen molar-refractivity contribution in [3.63, 3.8) is 0 Å². The molecular formula is C18H25NO8S. The van der Waals surface area contributed by atoms with Crippen LogP contribution in [0, 0.1) is 0 Å². The number of fused-ring (bicyclic) bond motifs is 1. The number of hydrogen-bond donors (Lipinski definition) is 1. The van der Waals surface area contributed by atoms with Crippen LogP contribution in [0.25, 0.3) is 0 Å². The Morgan fingerprint density at radius 2 is 1.96 bits per heavy atom. The Morgan fingerprint density at radius 1 is 1.25 bits per heavy atom. The monoisotopic (exact) mass is 415 g/mol. The number of amides is 1. The van der Waals surface area contributed by atoms with E-state index in [0.717, 1.165) is 11.8 Å². The first kappa shape index (κ1) is 21.2. The highest BCUT2D eigenvalue weighted by atomic mass is 32.2. The molecule has 0 aromatic heterocycles. The van der Waals surface area contributed by atoms with Gasteiger partial charge in [0.05, 0.1) is 12.9 Å². The van der Waals surface area contributed by atoms with E-state index in [4.69, 9.17) is 23.1 Å². The second kappa shape index (κ2) is 8.85. The molecule has 1 N–H and O–H groups in total. The molecule has 28 heavy (non-hydrogen) atoms. The lowest BCUT2D eigenvalue weighted by atomic mass is 9.95. The topological polar surface area (TPSA) is 109 Å². The Balaban J connectivity index is 1.91. The molecule has 2 heterocycles. The van der Waals surface area contributed by atoms with Crippen molar-refractivity contribution in [2.45, 2.75) is 50.8 Å². The van der Waals surface area contributed by atoms with Gasteiger partial charge in [0.15, 0.2) is 12.6 Å². The SMILES string of the molecule is CCO[C@H]1O[C@H]2CO[C@H](c3ccccc3)O[C@@H]2[C@@H](OS(C)(=O)=O)[C@H]1NC(C)=O. The van der Waals surface area contributed by atoms with Crippen LogP contribution in [0.2, 0.25) is 0 Å². The number of benzene rings is 1. The van der Waals surface area contributed by atoms with Gasteiger partial charge in [0.1, 0.15) is 24.4 Å². The molecule has 1 aromatic carbocycles. The quantitative estimate of drug-likeness (QED) is 0.677. The first-order valence-corrected chi connectivity index (χ1v) is 10.8. The summed E-state index contributed by atoms with van der Waals surface area (Å²) in [4.78, 5) is 11.7. The normalized spacial score (nSPS) is 33.1. The van der Waals surface area contributed by atoms with E-state index in [2.05, 4.69) is 5.32 Å². The van der Waals surface area contributed by atoms with Crippen LogP contribution in [-0.2, 0) is 38.0 Å². The third-order valence-corrected chi connectivity index (χ3v) is 4.97. The van der Waals surface area contributed by atoms with E-state index in [0.29, 0.717) is 6.61 Å². The van der Waals surface area contributed by atoms with Gasteiger partial charge in [0.2, 0.25) is 5.91 Å². The number of hydrogen-bond acceptors (Lipinski definition) is 8. The highest BCUT2D eigenvalue weighted by molar-refractivity contribution is 7.86. The molecular weight excluding hydrogens is 390 g/mol. The molecule has 1 amide bonds. The van der Waals surface area contributed by atoms with Crippen LogP contribution in [0.3, 0.4) is 0 Å². The molecule has 0 bridgehead atoms. The van der Waals surface area contributed by atoms with Gasteiger partial charge in [-0.25, -0.2) is 0 Å². The fourth-order valence-electron chi connectivity index (χ4n) is 3.36. The van der Waals surface area contributed by atoms with Gasteiger partial charge in [-0.15, -0.1) is 0 Å². The van der Waals surface area contributed by atoms with Crippen LogP contribution in [-0.4, -0.2) is 64.4 Å². The van der Waals surface area contributed by atoms with Crippen LogP contribution in [0.1, 0.15) is 25.7 Å². The van der Waals surface area contributed by atoms with E-state index in [-0.39, 0.29) is 12.5 Å². The highest BCUT2D eigenvalue weighted by Gasteiger charge is 2.52. The summed E-state index contributed by atoms with van der Waals surface area (Å²) in [5.74, 6) is -0.370. The Morgan fingerprint density at radius 3 is 2.57 bits per heavy atom. The maximum absolute atomic E-state index is 11.9. The second-order valence-electron chi connectivity index (χ2n) is 6.67. The summed E-state index contributed by atoms with van der Waals surface area (Å²) in [6.45, 7) is 3.55. The summed E-state index contributed by atoms with van der Waals surface area (Å²) in [6.07, 6.45) is -3.10. The maximum atomic E-state index is 11.9. The van der Waals surface area contributed by atoms with E-state index in [9.17, 15) is 13.2 Å². The Bertz CT molecular complexity index is 771. The fourth-order valence-corrected chi connectivity index (χ4v) is 3.99. The third-order valence-electron chi connectivity index (χ3n) is 4.40. The average Bonchev–Trinajstić information content (AvgIpc) is 2.64. The van der Waals surface area contributed by atoms with Gasteiger partial charge >= 0.3 is 0 Å². The van der Waals surface area contributed by atoms with Crippen LogP contribution < -0.4 is 5.32 Å². The minimum Gasteiger partial charge on any atom is -0.351 e. The van der Waals surface area contributed by atoms with Crippen molar-refractivity contribution < 1.29 is 36.3 Å². The average molecular weight is 415 g/mol. The summed E-state index contributed by atoms with van der Waals surface area (Å²) < 4.78 is 52.5. The van der Waals surface area contributed by atoms with Crippen molar-refractivity contribution >= 4 is 16.0 Å². The molecule has 9 nitrogen and oxygen atoms in total. The molecule has 0 aliphatic carbocycles. The van der Waals surface area contributed by atoms with Crippen LogP contribution in [0.4, 0.5) is 0 Å². The minimum absolute atomic E-state index is 0.157. The van der Waals surface area contributed by atoms with E-state index in [1.165, 1.54) is 6.92 Å². The van der Waals surface area contributed by atoms with Crippen LogP contribution >= 0.6 is 0 Å². The number of nitrogens with one attached hydrogen (secondary N) is 1. The Kier molecular flexibility index (Phi) is 6.69. The molecule has 0 saturated carbocycles. The molecule has 0 radical (unpaired) electrons. The van der Waals surface area contributed by atoms with Crippen molar-refractivity contribution in [2.24, 2.45) is 0 Å². The number of ether oxygens (including phenoxy) is 4. The standard InChI is InChI=1S/C18H25NO8S/c1-4-23-18-14(19-11(2)20)16(27-28(3,21)22)15-13(25-18)10-24-17(26-15)12-8-6-5-7-9-12/h5-9,13-18H,4,10H2,1-3H3,(H,19,20)/t13-,14+,15-,16-,17-,18-/m0/s1. The molecule has 10 heteroatoms. The summed E-state index contributed by atoms with van der Waals surface area (Å²) in [7, 11) is -3.85. The van der Waals surface area contributed by atoms with Gasteiger partial charge in [-0.3, -0.25) is 8.98 Å². The predicted octanol–water partition coefficient (Wildman–Crippen LogP) is 0.711. The second-order valence-corrected chi connectivity index (χ2v) is 8.27. The number of carbonyl (C=O) groups is 1. The minimum atomic E-state index is -3.85. The van der Waals surface area contributed by atoms with Gasteiger partial charge in [-0.1, -0.05) is 30.3 Å². The highest BCUT2D eigenvalue weighted by Crippen LogP contribution is 2.36. The smallest absolute Gasteiger partial charge is 0.264 e. The molecule has 2 aliphatic heterocycles. The summed E-state index contributed by atoms with van der Waals surface area (Å²) in [5.41, 5.74) is 0.780. The maximum Gasteiger partial charge on any atom is 0.264 e. The first-order chi connectivity index (χ1) is 13.3. The molecule has 3 rings (SSSR count). The number of rotatable bonds is 6. The summed E-state index contributed by atoms with van der Waals surface area (Å²) in [6, 6.07) is 8.38. The lowest BCUT2D eigenvalue weighted by Crippen LogP contribution is -2.67. The lowest BCUT2D eigenvalue weighted by Gasteiger charge is -2.48. The largest absolute Gasteiger partial charge is 0.351 e. The van der Waals surface area contributed by atoms with Crippen molar-refractivity contribution in [2.75, 3.05) is 19.5 Å². The van der Waals surface area contributed by atoms with Crippen molar-refractivity contribution in [1.29, 1.82) is 0 Å². The third kappa shape index (κ3) is 5.07. The number of carbonyl (C=O) groups excluding carboxylic acids is 1. The molecule has 0 spiro atoms. The van der Waals surface area contributed by atoms with E-state index in [1.807, 2.05) is 30.3 Å². The predicted molar refractivity (Wildman–Crippen MR) is 97.6 cm³/mol. The van der Waals surface area contributed by atoms with Crippen LogP contribution in [0.5, 0.6) is 0 Å². The summed E-state index contributed by atoms with van der Waals surface area (Å²) >= 11 is 0. The van der Waals surface area contributed by atoms with Crippen molar-refractivity contribution in [3.8, 4) is 0 Å².